The molecule has 0 amide bonds. The number of benzene rings is 4. The topological polar surface area (TPSA) is 9.23 Å². The third kappa shape index (κ3) is 2.94. The molecule has 8 heteroatoms. The van der Waals surface area contributed by atoms with Gasteiger partial charge >= 0.3 is 200 Å². The van der Waals surface area contributed by atoms with Gasteiger partial charge in [0.05, 0.1) is 0 Å². The minimum atomic E-state index is -6.28. The normalized spacial score (nSPS) is 19.3. The molecule has 0 aromatic heterocycles. The van der Waals surface area contributed by atoms with E-state index in [9.17, 15) is 26.3 Å². The monoisotopic (exact) mass is 594 g/mol. The molecule has 0 N–H and O–H groups in total. The van der Waals surface area contributed by atoms with Crippen molar-refractivity contribution in [1.29, 1.82) is 0 Å². The number of fused-ring (bicyclic) bond motifs is 1. The van der Waals surface area contributed by atoms with E-state index in [4.69, 9.17) is 3.02 Å². The zero-order valence-corrected chi connectivity index (χ0v) is 20.6. The SMILES string of the molecule is FC(F)(F)C1(C(F)(F)F)[O][Sb]([c]2ccccc2)([c]2ccccc2)([c]2ccccc2)[c]2ccccc21. The molecule has 1 aliphatic heterocycles. The average Bonchev–Trinajstić information content (AvgIpc) is 3.17. The van der Waals surface area contributed by atoms with Gasteiger partial charge in [0.25, 0.3) is 0 Å². The average molecular weight is 595 g/mol. The van der Waals surface area contributed by atoms with E-state index < -0.39 is 41.3 Å². The van der Waals surface area contributed by atoms with Crippen LogP contribution < -0.4 is 14.0 Å². The standard InChI is InChI=1S/C9H4F6O.3C6H5.Sb/c10-8(11,12)7(16,9(13,14)15)6-4-2-1-3-5-6;3*1-2-4-6-5-3-1;/h1-4H;3*1-5H;/q-1;;;;+1. The molecule has 1 nitrogen and oxygen atoms in total. The maximum atomic E-state index is 14.8. The van der Waals surface area contributed by atoms with Gasteiger partial charge in [0.1, 0.15) is 0 Å². The number of rotatable bonds is 3. The Morgan fingerprint density at radius 3 is 1.20 bits per heavy atom. The van der Waals surface area contributed by atoms with Gasteiger partial charge in [0, 0.05) is 0 Å². The van der Waals surface area contributed by atoms with Crippen LogP contribution in [0.4, 0.5) is 26.3 Å². The third-order valence-corrected chi connectivity index (χ3v) is 23.2. The molecule has 1 heterocycles. The van der Waals surface area contributed by atoms with Crippen molar-refractivity contribution in [2.45, 2.75) is 18.0 Å². The summed E-state index contributed by atoms with van der Waals surface area (Å²) in [5.41, 5.74) is -5.40. The summed E-state index contributed by atoms with van der Waals surface area (Å²) < 4.78 is 96.0. The molecule has 180 valence electrons. The van der Waals surface area contributed by atoms with Gasteiger partial charge in [-0.15, -0.1) is 0 Å². The molecule has 5 rings (SSSR count). The summed E-state index contributed by atoms with van der Waals surface area (Å²) in [6.45, 7) is 0. The van der Waals surface area contributed by atoms with Crippen molar-refractivity contribution in [3.8, 4) is 0 Å². The summed E-state index contributed by atoms with van der Waals surface area (Å²) in [5.74, 6) is 0. The summed E-state index contributed by atoms with van der Waals surface area (Å²) in [7, 11) is 0. The number of halogens is 6. The first-order valence-corrected chi connectivity index (χ1v) is 16.9. The first-order valence-electron chi connectivity index (χ1n) is 10.7. The van der Waals surface area contributed by atoms with Crippen LogP contribution in [0.25, 0.3) is 0 Å². The van der Waals surface area contributed by atoms with E-state index in [0.717, 1.165) is 6.07 Å². The Morgan fingerprint density at radius 1 is 0.486 bits per heavy atom. The molecule has 0 spiro atoms. The molecule has 1 aliphatic rings. The fraction of sp³-hybridized carbons (Fsp3) is 0.111. The molecule has 0 atom stereocenters. The fourth-order valence-electron chi connectivity index (χ4n) is 5.25. The van der Waals surface area contributed by atoms with Crippen LogP contribution in [-0.4, -0.2) is 30.2 Å². The molecular weight excluding hydrogens is 576 g/mol. The summed E-state index contributed by atoms with van der Waals surface area (Å²) in [6, 6.07) is 29.2. The van der Waals surface area contributed by atoms with E-state index in [1.165, 1.54) is 18.2 Å². The predicted octanol–water partition coefficient (Wildman–Crippen LogP) is 4.86. The third-order valence-electron chi connectivity index (χ3n) is 6.61. The summed E-state index contributed by atoms with van der Waals surface area (Å²) in [6.07, 6.45) is -11.5. The minimum absolute atomic E-state index is 0.0430. The van der Waals surface area contributed by atoms with Gasteiger partial charge in [-0.1, -0.05) is 0 Å². The Balaban J connectivity index is 2.12. The zero-order valence-electron chi connectivity index (χ0n) is 18.1. The van der Waals surface area contributed by atoms with E-state index in [-0.39, 0.29) is 3.51 Å². The van der Waals surface area contributed by atoms with Crippen LogP contribution >= 0.6 is 0 Å². The molecule has 0 radical (unpaired) electrons. The van der Waals surface area contributed by atoms with Gasteiger partial charge in [-0.3, -0.25) is 0 Å². The Labute approximate surface area is 199 Å². The maximum absolute atomic E-state index is 14.8. The van der Waals surface area contributed by atoms with Gasteiger partial charge < -0.3 is 0 Å². The van der Waals surface area contributed by atoms with Crippen LogP contribution in [0.2, 0.25) is 0 Å². The molecule has 4 aromatic carbocycles. The number of hydrogen-bond acceptors (Lipinski definition) is 1. The van der Waals surface area contributed by atoms with E-state index >= 15 is 0 Å². The summed E-state index contributed by atoms with van der Waals surface area (Å²) in [5, 5.41) is 0. The van der Waals surface area contributed by atoms with Gasteiger partial charge in [-0.2, -0.15) is 0 Å². The number of alkyl halides is 6. The van der Waals surface area contributed by atoms with E-state index in [0.29, 0.717) is 10.5 Å². The molecule has 0 aliphatic carbocycles. The van der Waals surface area contributed by atoms with Crippen molar-refractivity contribution in [2.75, 3.05) is 0 Å². The van der Waals surface area contributed by atoms with Crippen LogP contribution in [0.5, 0.6) is 0 Å². The Hall–Kier alpha value is -2.76. The Kier molecular flexibility index (Phi) is 5.39. The molecule has 0 saturated carbocycles. The quantitative estimate of drug-likeness (QED) is 0.243. The van der Waals surface area contributed by atoms with Gasteiger partial charge in [0.15, 0.2) is 0 Å². The fourth-order valence-corrected chi connectivity index (χ4v) is 23.2. The second-order valence-electron chi connectivity index (χ2n) is 8.33. The van der Waals surface area contributed by atoms with Crippen molar-refractivity contribution in [2.24, 2.45) is 0 Å². The van der Waals surface area contributed by atoms with Crippen LogP contribution in [0.15, 0.2) is 115 Å². The first kappa shape index (κ1) is 24.0. The molecule has 4 aromatic rings. The van der Waals surface area contributed by atoms with Crippen LogP contribution in [-0.2, 0) is 8.62 Å². The molecule has 0 saturated heterocycles. The molecule has 0 fully saturated rings. The summed E-state index contributed by atoms with van der Waals surface area (Å²) in [4.78, 5) is 0. The van der Waals surface area contributed by atoms with E-state index in [1.54, 1.807) is 91.0 Å². The van der Waals surface area contributed by atoms with Gasteiger partial charge in [-0.05, 0) is 0 Å². The van der Waals surface area contributed by atoms with Crippen LogP contribution in [0, 0.1) is 0 Å². The van der Waals surface area contributed by atoms with Crippen molar-refractivity contribution in [1.82, 2.24) is 0 Å². The summed E-state index contributed by atoms with van der Waals surface area (Å²) >= 11 is -6.28. The van der Waals surface area contributed by atoms with E-state index in [1.807, 2.05) is 0 Å². The molecular formula is C27H19F6OSb. The Morgan fingerprint density at radius 2 is 0.829 bits per heavy atom. The molecule has 0 bridgehead atoms. The van der Waals surface area contributed by atoms with E-state index in [2.05, 4.69) is 0 Å². The van der Waals surface area contributed by atoms with Crippen molar-refractivity contribution >= 4 is 31.9 Å². The van der Waals surface area contributed by atoms with Crippen molar-refractivity contribution < 1.29 is 29.4 Å². The van der Waals surface area contributed by atoms with Crippen LogP contribution in [0.3, 0.4) is 0 Å². The molecule has 35 heavy (non-hydrogen) atoms. The Bertz CT molecular complexity index is 1240. The zero-order chi connectivity index (χ0) is 25.0. The van der Waals surface area contributed by atoms with Gasteiger partial charge in [0.2, 0.25) is 0 Å². The van der Waals surface area contributed by atoms with Crippen molar-refractivity contribution in [3.63, 3.8) is 0 Å². The number of hydrogen-bond donors (Lipinski definition) is 0. The second kappa shape index (κ2) is 7.87. The second-order valence-corrected chi connectivity index (χ2v) is 20.6. The first-order chi connectivity index (χ1) is 16.6. The van der Waals surface area contributed by atoms with Gasteiger partial charge in [-0.25, -0.2) is 0 Å². The van der Waals surface area contributed by atoms with Crippen molar-refractivity contribution in [3.05, 3.63) is 121 Å². The predicted molar refractivity (Wildman–Crippen MR) is 125 cm³/mol. The molecule has 0 unspecified atom stereocenters. The van der Waals surface area contributed by atoms with Crippen LogP contribution in [0.1, 0.15) is 5.56 Å².